The van der Waals surface area contributed by atoms with Crippen LogP contribution >= 0.6 is 0 Å². The van der Waals surface area contributed by atoms with Crippen LogP contribution in [0.3, 0.4) is 0 Å². The van der Waals surface area contributed by atoms with Crippen LogP contribution < -0.4 is 4.90 Å². The number of nitrogens with zero attached hydrogens (tertiary/aromatic N) is 2. The minimum absolute atomic E-state index is 0.153. The minimum atomic E-state index is -0.153. The molecule has 0 bridgehead atoms. The molecule has 1 aliphatic rings. The average molecular weight is 631 g/mol. The number of furan rings is 1. The van der Waals surface area contributed by atoms with Crippen molar-refractivity contribution < 1.29 is 4.42 Å². The summed E-state index contributed by atoms with van der Waals surface area (Å²) < 4.78 is 6.34. The molecule has 8 aromatic rings. The summed E-state index contributed by atoms with van der Waals surface area (Å²) in [6.45, 7) is 4.52. The molecule has 0 N–H and O–H groups in total. The lowest BCUT2D eigenvalue weighted by Crippen LogP contribution is -2.26. The molecule has 3 nitrogen and oxygen atoms in total. The molecule has 0 saturated carbocycles. The zero-order chi connectivity index (χ0) is 33.0. The molecule has 234 valence electrons. The summed E-state index contributed by atoms with van der Waals surface area (Å²) in [7, 11) is 0. The summed E-state index contributed by atoms with van der Waals surface area (Å²) in [5.74, 6) is 0. The Kier molecular flexibility index (Phi) is 6.80. The van der Waals surface area contributed by atoms with Crippen LogP contribution in [0.25, 0.3) is 44.2 Å². The van der Waals surface area contributed by atoms with E-state index in [1.54, 1.807) is 0 Å². The van der Waals surface area contributed by atoms with E-state index in [2.05, 4.69) is 189 Å². The summed E-state index contributed by atoms with van der Waals surface area (Å²) in [6.07, 6.45) is 0. The molecule has 1 aromatic heterocycles. The van der Waals surface area contributed by atoms with Crippen molar-refractivity contribution in [3.05, 3.63) is 181 Å². The van der Waals surface area contributed by atoms with Crippen molar-refractivity contribution in [3.8, 4) is 22.3 Å². The summed E-state index contributed by atoms with van der Waals surface area (Å²) in [4.78, 5) is 7.37. The monoisotopic (exact) mass is 630 g/mol. The molecular formula is C46H34N2O. The Labute approximate surface area is 286 Å². The molecule has 0 atom stereocenters. The van der Waals surface area contributed by atoms with Gasteiger partial charge in [0.2, 0.25) is 0 Å². The number of fused-ring (bicyclic) bond motifs is 4. The normalized spacial score (nSPS) is 13.4. The van der Waals surface area contributed by atoms with E-state index in [-0.39, 0.29) is 5.41 Å². The zero-order valence-electron chi connectivity index (χ0n) is 27.5. The first-order valence-corrected chi connectivity index (χ1v) is 16.8. The van der Waals surface area contributed by atoms with Crippen LogP contribution in [0.4, 0.5) is 22.7 Å². The molecule has 7 aromatic carbocycles. The Morgan fingerprint density at radius 2 is 1.10 bits per heavy atom. The number of aliphatic imine (C=N–C) groups is 1. The Balaban J connectivity index is 1.09. The molecule has 0 unspecified atom stereocenters. The Bertz CT molecular complexity index is 2490. The van der Waals surface area contributed by atoms with E-state index < -0.39 is 0 Å². The van der Waals surface area contributed by atoms with Crippen LogP contribution in [0.5, 0.6) is 0 Å². The minimum Gasteiger partial charge on any atom is -0.456 e. The summed E-state index contributed by atoms with van der Waals surface area (Å²) in [5, 5.41) is 2.26. The van der Waals surface area contributed by atoms with E-state index in [0.29, 0.717) is 0 Å². The highest BCUT2D eigenvalue weighted by Crippen LogP contribution is 2.43. The van der Waals surface area contributed by atoms with Crippen molar-refractivity contribution in [1.29, 1.82) is 0 Å². The molecule has 0 amide bonds. The second kappa shape index (κ2) is 11.5. The SMILES string of the molecule is CC1(C)C(c2ccc(N(c3ccccc3)c3ccc(-c4cccc5oc6ccc(-c7ccccc7)cc6c45)cc3)cc2)=Nc2ccccc21. The van der Waals surface area contributed by atoms with Crippen molar-refractivity contribution >= 4 is 50.4 Å². The second-order valence-corrected chi connectivity index (χ2v) is 13.2. The predicted octanol–water partition coefficient (Wildman–Crippen LogP) is 12.8. The van der Waals surface area contributed by atoms with Gasteiger partial charge in [-0.1, -0.05) is 123 Å². The first-order chi connectivity index (χ1) is 24.0. The molecule has 0 saturated heterocycles. The fraction of sp³-hybridized carbons (Fsp3) is 0.0652. The third-order valence-electron chi connectivity index (χ3n) is 9.85. The van der Waals surface area contributed by atoms with Crippen molar-refractivity contribution in [3.63, 3.8) is 0 Å². The van der Waals surface area contributed by atoms with E-state index >= 15 is 0 Å². The van der Waals surface area contributed by atoms with Crippen molar-refractivity contribution in [1.82, 2.24) is 0 Å². The number of para-hydroxylation sites is 2. The van der Waals surface area contributed by atoms with Gasteiger partial charge in [-0.15, -0.1) is 0 Å². The third-order valence-corrected chi connectivity index (χ3v) is 9.85. The van der Waals surface area contributed by atoms with Gasteiger partial charge >= 0.3 is 0 Å². The largest absolute Gasteiger partial charge is 0.456 e. The number of hydrogen-bond donors (Lipinski definition) is 0. The molecule has 0 radical (unpaired) electrons. The van der Waals surface area contributed by atoms with Crippen LogP contribution in [0, 0.1) is 0 Å². The van der Waals surface area contributed by atoms with Crippen LogP contribution in [0.2, 0.25) is 0 Å². The van der Waals surface area contributed by atoms with Crippen molar-refractivity contribution in [2.75, 3.05) is 4.90 Å². The lowest BCUT2D eigenvalue weighted by Gasteiger charge is -2.27. The van der Waals surface area contributed by atoms with Gasteiger partial charge < -0.3 is 9.32 Å². The van der Waals surface area contributed by atoms with Gasteiger partial charge in [0.05, 0.1) is 11.4 Å². The van der Waals surface area contributed by atoms with E-state index in [9.17, 15) is 0 Å². The van der Waals surface area contributed by atoms with E-state index in [1.165, 1.54) is 16.7 Å². The van der Waals surface area contributed by atoms with Gasteiger partial charge in [-0.05, 0) is 94.0 Å². The number of benzene rings is 7. The lowest BCUT2D eigenvalue weighted by atomic mass is 9.79. The quantitative estimate of drug-likeness (QED) is 0.183. The smallest absolute Gasteiger partial charge is 0.136 e. The van der Waals surface area contributed by atoms with Crippen molar-refractivity contribution in [2.24, 2.45) is 4.99 Å². The first-order valence-electron chi connectivity index (χ1n) is 16.8. The summed E-state index contributed by atoms with van der Waals surface area (Å²) in [5.41, 5.74) is 14.2. The molecular weight excluding hydrogens is 597 g/mol. The van der Waals surface area contributed by atoms with Gasteiger partial charge in [0.1, 0.15) is 11.2 Å². The maximum atomic E-state index is 6.34. The standard InChI is InChI=1S/C46H34N2O/c1-46(2)40-17-9-10-18-41(40)47-45(46)33-22-27-37(28-23-33)48(35-14-7-4-8-15-35)36-25-20-32(21-26-36)38-16-11-19-43-44(38)39-30-34(24-29-42(39)49-43)31-12-5-3-6-13-31/h3-30H,1-2H3. The number of rotatable bonds is 6. The summed E-state index contributed by atoms with van der Waals surface area (Å²) in [6, 6.07) is 60.1. The topological polar surface area (TPSA) is 28.7 Å². The van der Waals surface area contributed by atoms with Crippen molar-refractivity contribution in [2.45, 2.75) is 19.3 Å². The van der Waals surface area contributed by atoms with E-state index in [1.807, 2.05) is 0 Å². The Morgan fingerprint density at radius 1 is 0.490 bits per heavy atom. The molecule has 1 aliphatic heterocycles. The highest BCUT2D eigenvalue weighted by atomic mass is 16.3. The lowest BCUT2D eigenvalue weighted by molar-refractivity contribution is 0.669. The van der Waals surface area contributed by atoms with Crippen LogP contribution in [-0.2, 0) is 5.41 Å². The fourth-order valence-electron chi connectivity index (χ4n) is 7.37. The van der Waals surface area contributed by atoms with Gasteiger partial charge in [0, 0.05) is 33.2 Å². The molecule has 0 aliphatic carbocycles. The first kappa shape index (κ1) is 29.0. The van der Waals surface area contributed by atoms with Gasteiger partial charge in [-0.25, -0.2) is 0 Å². The number of anilines is 3. The predicted molar refractivity (Wildman–Crippen MR) is 205 cm³/mol. The van der Waals surface area contributed by atoms with E-state index in [4.69, 9.17) is 9.41 Å². The average Bonchev–Trinajstić information content (AvgIpc) is 3.67. The molecule has 0 fully saturated rings. The maximum Gasteiger partial charge on any atom is 0.136 e. The van der Waals surface area contributed by atoms with Gasteiger partial charge in [0.15, 0.2) is 0 Å². The van der Waals surface area contributed by atoms with Crippen LogP contribution in [0.1, 0.15) is 25.0 Å². The van der Waals surface area contributed by atoms with Crippen LogP contribution in [-0.4, -0.2) is 5.71 Å². The maximum absolute atomic E-state index is 6.34. The Hall–Kier alpha value is -6.19. The molecule has 2 heterocycles. The van der Waals surface area contributed by atoms with Gasteiger partial charge in [0.25, 0.3) is 0 Å². The fourth-order valence-corrected chi connectivity index (χ4v) is 7.37. The molecule has 49 heavy (non-hydrogen) atoms. The molecule has 3 heteroatoms. The highest BCUT2D eigenvalue weighted by molar-refractivity contribution is 6.14. The summed E-state index contributed by atoms with van der Waals surface area (Å²) >= 11 is 0. The molecule has 0 spiro atoms. The zero-order valence-corrected chi connectivity index (χ0v) is 27.5. The molecule has 9 rings (SSSR count). The van der Waals surface area contributed by atoms with Gasteiger partial charge in [-0.3, -0.25) is 4.99 Å². The van der Waals surface area contributed by atoms with Crippen LogP contribution in [0.15, 0.2) is 179 Å². The highest BCUT2D eigenvalue weighted by Gasteiger charge is 2.35. The number of hydrogen-bond acceptors (Lipinski definition) is 3. The Morgan fingerprint density at radius 3 is 1.82 bits per heavy atom. The third kappa shape index (κ3) is 4.94. The second-order valence-electron chi connectivity index (χ2n) is 13.2. The van der Waals surface area contributed by atoms with E-state index in [0.717, 1.165) is 67.1 Å². The van der Waals surface area contributed by atoms with Gasteiger partial charge in [-0.2, -0.15) is 0 Å².